The fraction of sp³-hybridized carbons (Fsp3) is 0.900. The Balaban J connectivity index is 2.19. The number of nitrogens with zero attached hydrogens (tertiary/aromatic N) is 1. The second-order valence-electron chi connectivity index (χ2n) is 3.73. The third kappa shape index (κ3) is 3.64. The van der Waals surface area contributed by atoms with Crippen LogP contribution in [0.1, 0.15) is 33.1 Å². The maximum absolute atomic E-state index is 11.6. The van der Waals surface area contributed by atoms with Crippen molar-refractivity contribution in [2.75, 3.05) is 19.7 Å². The fourth-order valence-electron chi connectivity index (χ4n) is 1.29. The Morgan fingerprint density at radius 1 is 1.57 bits per heavy atom. The smallest absolute Gasteiger partial charge is 0.260 e. The Hall–Kier alpha value is -0.610. The SMILES string of the molecule is CCC(C)NCC(=O)N1CCCCO1. The highest BCUT2D eigenvalue weighted by Crippen LogP contribution is 2.05. The number of hydrogen-bond donors (Lipinski definition) is 1. The molecule has 0 radical (unpaired) electrons. The van der Waals surface area contributed by atoms with Crippen LogP contribution in [0.2, 0.25) is 0 Å². The van der Waals surface area contributed by atoms with E-state index in [1.165, 1.54) is 5.06 Å². The lowest BCUT2D eigenvalue weighted by Crippen LogP contribution is -2.42. The summed E-state index contributed by atoms with van der Waals surface area (Å²) in [6.45, 7) is 5.97. The van der Waals surface area contributed by atoms with Crippen molar-refractivity contribution < 1.29 is 9.63 Å². The quantitative estimate of drug-likeness (QED) is 0.734. The molecule has 0 aliphatic carbocycles. The predicted octanol–water partition coefficient (Wildman–Crippen LogP) is 0.928. The maximum Gasteiger partial charge on any atom is 0.260 e. The third-order valence-electron chi connectivity index (χ3n) is 2.49. The van der Waals surface area contributed by atoms with E-state index in [-0.39, 0.29) is 5.91 Å². The minimum absolute atomic E-state index is 0.0463. The molecule has 4 heteroatoms. The van der Waals surface area contributed by atoms with E-state index in [1.807, 2.05) is 0 Å². The van der Waals surface area contributed by atoms with E-state index in [1.54, 1.807) is 0 Å². The van der Waals surface area contributed by atoms with Gasteiger partial charge in [-0.05, 0) is 26.2 Å². The van der Waals surface area contributed by atoms with Crippen LogP contribution in [0.25, 0.3) is 0 Å². The van der Waals surface area contributed by atoms with Gasteiger partial charge in [0.2, 0.25) is 0 Å². The topological polar surface area (TPSA) is 41.6 Å². The van der Waals surface area contributed by atoms with Crippen molar-refractivity contribution in [3.05, 3.63) is 0 Å². The van der Waals surface area contributed by atoms with Crippen molar-refractivity contribution in [2.24, 2.45) is 0 Å². The number of hydrogen-bond acceptors (Lipinski definition) is 3. The lowest BCUT2D eigenvalue weighted by atomic mass is 10.2. The number of carbonyl (C=O) groups is 1. The molecule has 1 fully saturated rings. The minimum atomic E-state index is 0.0463. The van der Waals surface area contributed by atoms with E-state index >= 15 is 0 Å². The van der Waals surface area contributed by atoms with Crippen LogP contribution in [0.5, 0.6) is 0 Å². The monoisotopic (exact) mass is 200 g/mol. The highest BCUT2D eigenvalue weighted by Gasteiger charge is 2.17. The molecule has 1 atom stereocenters. The standard InChI is InChI=1S/C10H20N2O2/c1-3-9(2)11-8-10(13)12-6-4-5-7-14-12/h9,11H,3-8H2,1-2H3. The zero-order valence-electron chi connectivity index (χ0n) is 9.08. The summed E-state index contributed by atoms with van der Waals surface area (Å²) in [5.41, 5.74) is 0. The van der Waals surface area contributed by atoms with Gasteiger partial charge < -0.3 is 5.32 Å². The van der Waals surface area contributed by atoms with Crippen LogP contribution in [0.15, 0.2) is 0 Å². The second-order valence-corrected chi connectivity index (χ2v) is 3.73. The molecule has 1 N–H and O–H groups in total. The lowest BCUT2D eigenvalue weighted by molar-refractivity contribution is -0.196. The van der Waals surface area contributed by atoms with Crippen molar-refractivity contribution in [3.63, 3.8) is 0 Å². The van der Waals surface area contributed by atoms with Crippen LogP contribution in [-0.2, 0) is 9.63 Å². The van der Waals surface area contributed by atoms with E-state index in [0.717, 1.165) is 25.8 Å². The Bertz CT molecular complexity index is 179. The first-order chi connectivity index (χ1) is 6.74. The summed E-state index contributed by atoms with van der Waals surface area (Å²) in [6.07, 6.45) is 3.14. The average Bonchev–Trinajstić information content (AvgIpc) is 2.26. The molecule has 0 aromatic rings. The van der Waals surface area contributed by atoms with E-state index in [9.17, 15) is 4.79 Å². The van der Waals surface area contributed by atoms with Gasteiger partial charge in [0.25, 0.3) is 5.91 Å². The Morgan fingerprint density at radius 3 is 2.93 bits per heavy atom. The molecule has 0 spiro atoms. The van der Waals surface area contributed by atoms with E-state index < -0.39 is 0 Å². The molecule has 14 heavy (non-hydrogen) atoms. The van der Waals surface area contributed by atoms with Gasteiger partial charge in [0.15, 0.2) is 0 Å². The molecule has 1 heterocycles. The Kier molecular flexibility index (Phi) is 4.90. The predicted molar refractivity (Wildman–Crippen MR) is 54.7 cm³/mol. The summed E-state index contributed by atoms with van der Waals surface area (Å²) < 4.78 is 0. The van der Waals surface area contributed by atoms with Crippen molar-refractivity contribution in [1.29, 1.82) is 0 Å². The van der Waals surface area contributed by atoms with Crippen LogP contribution >= 0.6 is 0 Å². The normalized spacial score (nSPS) is 19.4. The Labute approximate surface area is 85.6 Å². The summed E-state index contributed by atoms with van der Waals surface area (Å²) >= 11 is 0. The summed E-state index contributed by atoms with van der Waals surface area (Å²) in [5, 5.41) is 4.64. The zero-order chi connectivity index (χ0) is 10.4. The van der Waals surface area contributed by atoms with E-state index in [2.05, 4.69) is 19.2 Å². The van der Waals surface area contributed by atoms with Crippen LogP contribution in [0.4, 0.5) is 0 Å². The van der Waals surface area contributed by atoms with Crippen LogP contribution in [0.3, 0.4) is 0 Å². The molecule has 1 aliphatic rings. The molecule has 82 valence electrons. The van der Waals surface area contributed by atoms with Crippen molar-refractivity contribution in [2.45, 2.75) is 39.2 Å². The molecule has 0 aromatic carbocycles. The number of rotatable bonds is 4. The molecule has 0 saturated carbocycles. The highest BCUT2D eigenvalue weighted by atomic mass is 16.7. The number of amides is 1. The first-order valence-corrected chi connectivity index (χ1v) is 5.40. The van der Waals surface area contributed by atoms with Gasteiger partial charge in [-0.1, -0.05) is 6.92 Å². The number of nitrogens with one attached hydrogen (secondary N) is 1. The molecule has 1 rings (SSSR count). The second kappa shape index (κ2) is 5.98. The van der Waals surface area contributed by atoms with Gasteiger partial charge >= 0.3 is 0 Å². The van der Waals surface area contributed by atoms with Gasteiger partial charge in [0.1, 0.15) is 0 Å². The molecule has 1 unspecified atom stereocenters. The molecule has 4 nitrogen and oxygen atoms in total. The third-order valence-corrected chi connectivity index (χ3v) is 2.49. The van der Waals surface area contributed by atoms with Crippen LogP contribution < -0.4 is 5.32 Å². The van der Waals surface area contributed by atoms with Gasteiger partial charge in [-0.15, -0.1) is 0 Å². The lowest BCUT2D eigenvalue weighted by Gasteiger charge is -2.26. The molecule has 0 bridgehead atoms. The fourth-order valence-corrected chi connectivity index (χ4v) is 1.29. The zero-order valence-corrected chi connectivity index (χ0v) is 9.08. The van der Waals surface area contributed by atoms with Gasteiger partial charge in [0, 0.05) is 12.6 Å². The minimum Gasteiger partial charge on any atom is -0.306 e. The van der Waals surface area contributed by atoms with Gasteiger partial charge in [-0.25, -0.2) is 5.06 Å². The first kappa shape index (κ1) is 11.5. The van der Waals surface area contributed by atoms with Crippen molar-refractivity contribution in [1.82, 2.24) is 10.4 Å². The molecular formula is C10H20N2O2. The first-order valence-electron chi connectivity index (χ1n) is 5.40. The largest absolute Gasteiger partial charge is 0.306 e. The number of hydroxylamine groups is 2. The van der Waals surface area contributed by atoms with E-state index in [4.69, 9.17) is 4.84 Å². The van der Waals surface area contributed by atoms with Gasteiger partial charge in [-0.3, -0.25) is 9.63 Å². The summed E-state index contributed by atoms with van der Waals surface area (Å²) in [6, 6.07) is 0.392. The van der Waals surface area contributed by atoms with E-state index in [0.29, 0.717) is 19.2 Å². The maximum atomic E-state index is 11.6. The van der Waals surface area contributed by atoms with Gasteiger partial charge in [0.05, 0.1) is 13.2 Å². The summed E-state index contributed by atoms with van der Waals surface area (Å²) in [4.78, 5) is 16.8. The summed E-state index contributed by atoms with van der Waals surface area (Å²) in [5.74, 6) is 0.0463. The van der Waals surface area contributed by atoms with Crippen LogP contribution in [-0.4, -0.2) is 36.7 Å². The molecule has 0 aromatic heterocycles. The molecule has 1 amide bonds. The van der Waals surface area contributed by atoms with Crippen molar-refractivity contribution in [3.8, 4) is 0 Å². The highest BCUT2D eigenvalue weighted by molar-refractivity contribution is 5.77. The molecule has 1 aliphatic heterocycles. The number of carbonyl (C=O) groups excluding carboxylic acids is 1. The van der Waals surface area contributed by atoms with Crippen molar-refractivity contribution >= 4 is 5.91 Å². The Morgan fingerprint density at radius 2 is 2.36 bits per heavy atom. The summed E-state index contributed by atoms with van der Waals surface area (Å²) in [7, 11) is 0. The molecular weight excluding hydrogens is 180 g/mol. The molecule has 1 saturated heterocycles. The average molecular weight is 200 g/mol. The van der Waals surface area contributed by atoms with Gasteiger partial charge in [-0.2, -0.15) is 0 Å². The van der Waals surface area contributed by atoms with Crippen LogP contribution in [0, 0.1) is 0 Å².